The Morgan fingerprint density at radius 3 is 2.70 bits per heavy atom. The molecule has 2 heterocycles. The molecule has 0 unspecified atom stereocenters. The number of rotatable bonds is 7. The van der Waals surface area contributed by atoms with Gasteiger partial charge in [0.2, 0.25) is 5.82 Å². The van der Waals surface area contributed by atoms with Crippen LogP contribution in [0.15, 0.2) is 81.0 Å². The van der Waals surface area contributed by atoms with E-state index < -0.39 is 17.6 Å². The largest absolute Gasteiger partial charge is 0.496 e. The maximum atomic E-state index is 13.5. The molecule has 1 N–H and O–H groups in total. The number of nitrogens with zero attached hydrogens (tertiary/aromatic N) is 3. The van der Waals surface area contributed by atoms with Gasteiger partial charge in [0.25, 0.3) is 5.56 Å². The Morgan fingerprint density at radius 2 is 1.92 bits per heavy atom. The van der Waals surface area contributed by atoms with Crippen molar-refractivity contribution in [2.24, 2.45) is 5.10 Å². The van der Waals surface area contributed by atoms with Gasteiger partial charge in [0.05, 0.1) is 29.6 Å². The number of carbonyl (C=O) groups is 1. The molecule has 0 fully saturated rings. The average molecular weight is 518 g/mol. The third-order valence-electron chi connectivity index (χ3n) is 5.65. The fourth-order valence-corrected chi connectivity index (χ4v) is 3.98. The summed E-state index contributed by atoms with van der Waals surface area (Å²) in [6, 6.07) is 18.7. The minimum absolute atomic E-state index is 0.168. The summed E-state index contributed by atoms with van der Waals surface area (Å²) in [6.07, 6.45) is 0.250. The maximum Gasteiger partial charge on any atom is 0.344 e. The molecule has 186 valence electrons. The molecule has 10 heteroatoms. The zero-order valence-corrected chi connectivity index (χ0v) is 20.5. The van der Waals surface area contributed by atoms with E-state index in [1.165, 1.54) is 19.2 Å². The van der Waals surface area contributed by atoms with E-state index in [9.17, 15) is 14.7 Å². The van der Waals surface area contributed by atoms with Crippen molar-refractivity contribution in [1.29, 1.82) is 0 Å². The van der Waals surface area contributed by atoms with E-state index in [4.69, 9.17) is 25.5 Å². The highest BCUT2D eigenvalue weighted by Gasteiger charge is 2.19. The molecular formula is C27H20ClN3O6. The average Bonchev–Trinajstić information content (AvgIpc) is 3.33. The van der Waals surface area contributed by atoms with Gasteiger partial charge in [-0.05, 0) is 55.5 Å². The topological polar surface area (TPSA) is 116 Å². The van der Waals surface area contributed by atoms with E-state index >= 15 is 0 Å². The molecule has 2 aromatic heterocycles. The second-order valence-corrected chi connectivity index (χ2v) is 8.51. The number of aliphatic carboxylic acids is 1. The normalized spacial score (nSPS) is 12.3. The van der Waals surface area contributed by atoms with Crippen LogP contribution in [-0.2, 0) is 4.79 Å². The fourth-order valence-electron chi connectivity index (χ4n) is 3.80. The lowest BCUT2D eigenvalue weighted by molar-refractivity contribution is -0.144. The van der Waals surface area contributed by atoms with E-state index in [1.54, 1.807) is 67.8 Å². The lowest BCUT2D eigenvalue weighted by atomic mass is 10.2. The monoisotopic (exact) mass is 517 g/mol. The number of fused-ring (bicyclic) bond motifs is 2. The van der Waals surface area contributed by atoms with Crippen molar-refractivity contribution >= 4 is 45.7 Å². The predicted octanol–water partition coefficient (Wildman–Crippen LogP) is 5.21. The molecule has 0 amide bonds. The number of furan rings is 1. The van der Waals surface area contributed by atoms with E-state index in [2.05, 4.69) is 10.1 Å². The first-order valence-corrected chi connectivity index (χ1v) is 11.6. The van der Waals surface area contributed by atoms with Gasteiger partial charge in [-0.3, -0.25) is 4.79 Å². The van der Waals surface area contributed by atoms with Crippen molar-refractivity contribution in [2.45, 2.75) is 13.0 Å². The van der Waals surface area contributed by atoms with E-state index in [0.717, 1.165) is 4.68 Å². The minimum atomic E-state index is -1.13. The van der Waals surface area contributed by atoms with Crippen molar-refractivity contribution in [3.63, 3.8) is 0 Å². The highest BCUT2D eigenvalue weighted by molar-refractivity contribution is 6.30. The quantitative estimate of drug-likeness (QED) is 0.295. The molecule has 5 rings (SSSR count). The SMILES string of the molecule is COc1cccc2oc(-c3nc4ccccc4c(=O)n3N=Cc3cc(Cl)ccc3O[C@@H](C)C(=O)O)cc12. The molecule has 0 saturated heterocycles. The molecule has 1 atom stereocenters. The van der Waals surface area contributed by atoms with Crippen molar-refractivity contribution in [3.05, 3.63) is 87.7 Å². The van der Waals surface area contributed by atoms with Crippen molar-refractivity contribution in [3.8, 4) is 23.1 Å². The van der Waals surface area contributed by atoms with Gasteiger partial charge in [-0.1, -0.05) is 29.8 Å². The van der Waals surface area contributed by atoms with Crippen LogP contribution in [0.5, 0.6) is 11.5 Å². The number of methoxy groups -OCH3 is 1. The van der Waals surface area contributed by atoms with Crippen LogP contribution < -0.4 is 15.0 Å². The van der Waals surface area contributed by atoms with Crippen LogP contribution in [0.4, 0.5) is 0 Å². The van der Waals surface area contributed by atoms with Gasteiger partial charge in [-0.25, -0.2) is 9.78 Å². The molecule has 37 heavy (non-hydrogen) atoms. The zero-order valence-electron chi connectivity index (χ0n) is 19.7. The Morgan fingerprint density at radius 1 is 1.11 bits per heavy atom. The number of carboxylic acids is 1. The van der Waals surface area contributed by atoms with E-state index in [-0.39, 0.29) is 11.6 Å². The molecule has 0 bridgehead atoms. The van der Waals surface area contributed by atoms with Crippen LogP contribution in [-0.4, -0.2) is 40.2 Å². The zero-order chi connectivity index (χ0) is 26.1. The highest BCUT2D eigenvalue weighted by atomic mass is 35.5. The first-order valence-electron chi connectivity index (χ1n) is 11.2. The van der Waals surface area contributed by atoms with Crippen LogP contribution in [0.2, 0.25) is 5.02 Å². The summed E-state index contributed by atoms with van der Waals surface area (Å²) in [4.78, 5) is 29.5. The minimum Gasteiger partial charge on any atom is -0.496 e. The third kappa shape index (κ3) is 4.64. The summed E-state index contributed by atoms with van der Waals surface area (Å²) in [5, 5.41) is 15.1. The van der Waals surface area contributed by atoms with Gasteiger partial charge in [-0.2, -0.15) is 9.78 Å². The number of halogens is 1. The number of hydrogen-bond donors (Lipinski definition) is 1. The molecule has 0 aliphatic carbocycles. The third-order valence-corrected chi connectivity index (χ3v) is 5.89. The number of aromatic nitrogens is 2. The first-order chi connectivity index (χ1) is 17.9. The molecule has 3 aromatic carbocycles. The van der Waals surface area contributed by atoms with Crippen LogP contribution in [0, 0.1) is 0 Å². The van der Waals surface area contributed by atoms with Gasteiger partial charge in [0.15, 0.2) is 11.9 Å². The molecule has 0 saturated carbocycles. The van der Waals surface area contributed by atoms with Crippen molar-refractivity contribution in [1.82, 2.24) is 9.66 Å². The van der Waals surface area contributed by atoms with Gasteiger partial charge in [0.1, 0.15) is 17.1 Å². The summed E-state index contributed by atoms with van der Waals surface area (Å²) in [5.41, 5.74) is 0.981. The summed E-state index contributed by atoms with van der Waals surface area (Å²) in [6.45, 7) is 1.41. The van der Waals surface area contributed by atoms with Gasteiger partial charge < -0.3 is 19.0 Å². The molecule has 0 aliphatic rings. The van der Waals surface area contributed by atoms with Gasteiger partial charge in [0, 0.05) is 10.6 Å². The van der Waals surface area contributed by atoms with Gasteiger partial charge in [-0.15, -0.1) is 0 Å². The smallest absolute Gasteiger partial charge is 0.344 e. The Hall–Kier alpha value is -4.63. The number of carboxylic acid groups (broad SMARTS) is 1. The Balaban J connectivity index is 1.69. The summed E-state index contributed by atoms with van der Waals surface area (Å²) >= 11 is 6.17. The van der Waals surface area contributed by atoms with Crippen LogP contribution in [0.25, 0.3) is 33.5 Å². The number of benzene rings is 3. The molecular weight excluding hydrogens is 498 g/mol. The van der Waals surface area contributed by atoms with E-state index in [0.29, 0.717) is 44.0 Å². The molecule has 0 aliphatic heterocycles. The predicted molar refractivity (Wildman–Crippen MR) is 140 cm³/mol. The molecule has 0 radical (unpaired) electrons. The number of para-hydroxylation sites is 1. The Kier molecular flexibility index (Phi) is 6.37. The second kappa shape index (κ2) is 9.79. The number of hydrogen-bond acceptors (Lipinski definition) is 7. The first kappa shape index (κ1) is 24.1. The Labute approximate surface area is 215 Å². The summed E-state index contributed by atoms with van der Waals surface area (Å²) in [7, 11) is 1.56. The lowest BCUT2D eigenvalue weighted by Crippen LogP contribution is -2.23. The van der Waals surface area contributed by atoms with E-state index in [1.807, 2.05) is 0 Å². The van der Waals surface area contributed by atoms with Crippen LogP contribution >= 0.6 is 11.6 Å². The molecule has 0 spiro atoms. The summed E-state index contributed by atoms with van der Waals surface area (Å²) in [5.74, 6) is 0.192. The second-order valence-electron chi connectivity index (χ2n) is 8.08. The fraction of sp³-hybridized carbons (Fsp3) is 0.111. The number of ether oxygens (including phenoxy) is 2. The lowest BCUT2D eigenvalue weighted by Gasteiger charge is -2.13. The molecule has 9 nitrogen and oxygen atoms in total. The van der Waals surface area contributed by atoms with Crippen LogP contribution in [0.1, 0.15) is 12.5 Å². The van der Waals surface area contributed by atoms with Crippen LogP contribution in [0.3, 0.4) is 0 Å². The van der Waals surface area contributed by atoms with Crippen molar-refractivity contribution < 1.29 is 23.8 Å². The molecule has 5 aromatic rings. The van der Waals surface area contributed by atoms with Gasteiger partial charge >= 0.3 is 5.97 Å². The maximum absolute atomic E-state index is 13.5. The summed E-state index contributed by atoms with van der Waals surface area (Å²) < 4.78 is 18.1. The standard InChI is InChI=1S/C27H20ClN3O6/c1-15(27(33)34)36-21-11-10-17(28)12-16(21)14-29-31-25(30-20-7-4-3-6-18(20)26(31)32)24-13-19-22(35-2)8-5-9-23(19)37-24/h3-15H,1-2H3,(H,33,34)/t15-/m0/s1. The highest BCUT2D eigenvalue weighted by Crippen LogP contribution is 2.33. The Bertz CT molecular complexity index is 1740. The van der Waals surface area contributed by atoms with Crippen molar-refractivity contribution in [2.75, 3.05) is 7.11 Å².